The minimum absolute atomic E-state index is 0. The number of aromatic nitrogens is 2. The Balaban J connectivity index is 0.00000144. The van der Waals surface area contributed by atoms with E-state index in [2.05, 4.69) is 22.5 Å². The molecule has 1 heterocycles. The number of rotatable bonds is 2. The molecule has 0 atom stereocenters. The Kier molecular flexibility index (Phi) is 5.62. The average Bonchev–Trinajstić information content (AvgIpc) is 1.81. The second kappa shape index (κ2) is 5.64. The first-order valence-electron chi connectivity index (χ1n) is 3.72. The van der Waals surface area contributed by atoms with Gasteiger partial charge in [0.25, 0.3) is 0 Å². The van der Waals surface area contributed by atoms with Gasteiger partial charge in [-0.1, -0.05) is 0 Å². The van der Waals surface area contributed by atoms with E-state index in [0.717, 1.165) is 17.3 Å². The summed E-state index contributed by atoms with van der Waals surface area (Å²) < 4.78 is 0. The van der Waals surface area contributed by atoms with Crippen LogP contribution in [0, 0.1) is 6.92 Å². The quantitative estimate of drug-likeness (QED) is 0.496. The zero-order valence-corrected chi connectivity index (χ0v) is 11.0. The van der Waals surface area contributed by atoms with Crippen LogP contribution >= 0.6 is 0 Å². The maximum Gasteiger partial charge on any atom is 0.180 e. The van der Waals surface area contributed by atoms with Crippen LogP contribution in [0.3, 0.4) is 0 Å². The standard InChI is InChI=1S/C8H14N3S.HI/c1-6-4-7(9)11-8(10-6)5-12(2)3;/h4H,5H2,1-3H3,(H2,9,10,11);1H/q+1;/p-1. The molecule has 1 rings (SSSR count). The minimum atomic E-state index is 0. The van der Waals surface area contributed by atoms with Gasteiger partial charge >= 0.3 is 0 Å². The Hall–Kier alpha value is -0.0400. The number of halogens is 1. The summed E-state index contributed by atoms with van der Waals surface area (Å²) >= 11 is 0. The van der Waals surface area contributed by atoms with Crippen LogP contribution in [-0.4, -0.2) is 22.5 Å². The van der Waals surface area contributed by atoms with Gasteiger partial charge in [0.05, 0.1) is 12.5 Å². The molecule has 5 heteroatoms. The SMILES string of the molecule is Cc1cc(N)nc(C[S+](C)C)n1.[I-]. The third kappa shape index (κ3) is 4.66. The van der Waals surface area contributed by atoms with Crippen LogP contribution in [0.2, 0.25) is 0 Å². The lowest BCUT2D eigenvalue weighted by Crippen LogP contribution is -3.00. The van der Waals surface area contributed by atoms with Crippen molar-refractivity contribution < 1.29 is 24.0 Å². The molecule has 0 saturated carbocycles. The van der Waals surface area contributed by atoms with Crippen molar-refractivity contribution in [2.75, 3.05) is 18.2 Å². The summed E-state index contributed by atoms with van der Waals surface area (Å²) in [4.78, 5) is 8.44. The van der Waals surface area contributed by atoms with Gasteiger partial charge in [0, 0.05) is 11.8 Å². The fraction of sp³-hybridized carbons (Fsp3) is 0.500. The third-order valence-corrected chi connectivity index (χ3v) is 2.17. The predicted octanol–water partition coefficient (Wildman–Crippen LogP) is -2.25. The topological polar surface area (TPSA) is 51.8 Å². The molecule has 0 aliphatic rings. The van der Waals surface area contributed by atoms with E-state index < -0.39 is 0 Å². The number of nitrogens with zero attached hydrogens (tertiary/aromatic N) is 2. The van der Waals surface area contributed by atoms with Crippen molar-refractivity contribution in [1.82, 2.24) is 9.97 Å². The fourth-order valence-corrected chi connectivity index (χ4v) is 1.62. The van der Waals surface area contributed by atoms with Gasteiger partial charge in [0.1, 0.15) is 5.82 Å². The lowest BCUT2D eigenvalue weighted by atomic mass is 10.4. The molecule has 0 amide bonds. The number of anilines is 1. The molecule has 2 N–H and O–H groups in total. The maximum absolute atomic E-state index is 5.59. The van der Waals surface area contributed by atoms with Crippen LogP contribution in [0.15, 0.2) is 6.07 Å². The summed E-state index contributed by atoms with van der Waals surface area (Å²) in [7, 11) is 0.336. The number of hydrogen-bond acceptors (Lipinski definition) is 3. The Bertz CT molecular complexity index is 258. The second-order valence-electron chi connectivity index (χ2n) is 2.98. The monoisotopic (exact) mass is 311 g/mol. The average molecular weight is 311 g/mol. The summed E-state index contributed by atoms with van der Waals surface area (Å²) in [5, 5.41) is 0. The molecular weight excluding hydrogens is 297 g/mol. The van der Waals surface area contributed by atoms with E-state index in [1.807, 2.05) is 6.92 Å². The van der Waals surface area contributed by atoms with Crippen molar-refractivity contribution in [1.29, 1.82) is 0 Å². The predicted molar refractivity (Wildman–Crippen MR) is 54.1 cm³/mol. The molecule has 1 aromatic rings. The van der Waals surface area contributed by atoms with Crippen molar-refractivity contribution in [2.45, 2.75) is 12.7 Å². The minimum Gasteiger partial charge on any atom is -1.00 e. The van der Waals surface area contributed by atoms with Crippen LogP contribution in [0.4, 0.5) is 5.82 Å². The number of nitrogen functional groups attached to an aromatic ring is 1. The fourth-order valence-electron chi connectivity index (χ4n) is 0.979. The van der Waals surface area contributed by atoms with E-state index in [1.54, 1.807) is 6.07 Å². The zero-order chi connectivity index (χ0) is 9.14. The first kappa shape index (κ1) is 13.0. The zero-order valence-electron chi connectivity index (χ0n) is 8.04. The molecule has 0 spiro atoms. The van der Waals surface area contributed by atoms with Crippen molar-refractivity contribution in [2.24, 2.45) is 0 Å². The number of aryl methyl sites for hydroxylation is 1. The maximum atomic E-state index is 5.59. The number of hydrogen-bond donors (Lipinski definition) is 1. The summed E-state index contributed by atoms with van der Waals surface area (Å²) in [6.45, 7) is 1.94. The normalized spacial score (nSPS) is 9.85. The van der Waals surface area contributed by atoms with Crippen molar-refractivity contribution >= 4 is 16.7 Å². The highest BCUT2D eigenvalue weighted by molar-refractivity contribution is 7.94. The molecule has 0 aliphatic carbocycles. The van der Waals surface area contributed by atoms with Crippen molar-refractivity contribution in [3.05, 3.63) is 17.6 Å². The first-order valence-corrected chi connectivity index (χ1v) is 5.93. The molecule has 1 aromatic heterocycles. The van der Waals surface area contributed by atoms with Crippen molar-refractivity contribution in [3.63, 3.8) is 0 Å². The van der Waals surface area contributed by atoms with E-state index in [9.17, 15) is 0 Å². The van der Waals surface area contributed by atoms with E-state index in [-0.39, 0.29) is 24.0 Å². The van der Waals surface area contributed by atoms with Crippen molar-refractivity contribution in [3.8, 4) is 0 Å². The molecule has 3 nitrogen and oxygen atoms in total. The smallest absolute Gasteiger partial charge is 0.180 e. The Labute approximate surface area is 98.9 Å². The Morgan fingerprint density at radius 3 is 2.46 bits per heavy atom. The lowest BCUT2D eigenvalue weighted by Gasteiger charge is -2.00. The Morgan fingerprint density at radius 2 is 2.00 bits per heavy atom. The molecular formula is C8H14IN3S. The van der Waals surface area contributed by atoms with Gasteiger partial charge < -0.3 is 29.7 Å². The highest BCUT2D eigenvalue weighted by atomic mass is 127. The summed E-state index contributed by atoms with van der Waals surface area (Å²) in [6.07, 6.45) is 4.34. The van der Waals surface area contributed by atoms with Gasteiger partial charge in [-0.25, -0.2) is 9.97 Å². The first-order chi connectivity index (χ1) is 5.58. The Morgan fingerprint density at radius 1 is 1.38 bits per heavy atom. The van der Waals surface area contributed by atoms with Gasteiger partial charge in [-0.15, -0.1) is 0 Å². The van der Waals surface area contributed by atoms with Crippen LogP contribution in [0.5, 0.6) is 0 Å². The molecule has 0 radical (unpaired) electrons. The third-order valence-electron chi connectivity index (χ3n) is 1.34. The molecule has 0 aliphatic heterocycles. The highest BCUT2D eigenvalue weighted by Gasteiger charge is 2.08. The molecule has 0 aromatic carbocycles. The molecule has 0 bridgehead atoms. The van der Waals surface area contributed by atoms with Gasteiger partial charge in [-0.05, 0) is 17.8 Å². The highest BCUT2D eigenvalue weighted by Crippen LogP contribution is 2.04. The lowest BCUT2D eigenvalue weighted by molar-refractivity contribution is -0.00000310. The van der Waals surface area contributed by atoms with Crippen LogP contribution < -0.4 is 29.7 Å². The molecule has 0 unspecified atom stereocenters. The van der Waals surface area contributed by atoms with Gasteiger partial charge in [-0.2, -0.15) is 0 Å². The summed E-state index contributed by atoms with van der Waals surface area (Å²) in [5.41, 5.74) is 6.53. The van der Waals surface area contributed by atoms with E-state index in [4.69, 9.17) is 5.73 Å². The van der Waals surface area contributed by atoms with Crippen LogP contribution in [0.25, 0.3) is 0 Å². The van der Waals surface area contributed by atoms with E-state index >= 15 is 0 Å². The second-order valence-corrected chi connectivity index (χ2v) is 5.24. The van der Waals surface area contributed by atoms with E-state index in [1.165, 1.54) is 0 Å². The largest absolute Gasteiger partial charge is 1.00 e. The molecule has 0 saturated heterocycles. The molecule has 74 valence electrons. The van der Waals surface area contributed by atoms with Gasteiger partial charge in [0.2, 0.25) is 0 Å². The van der Waals surface area contributed by atoms with Gasteiger partial charge in [0.15, 0.2) is 11.6 Å². The summed E-state index contributed by atoms with van der Waals surface area (Å²) in [6, 6.07) is 1.78. The van der Waals surface area contributed by atoms with Crippen LogP contribution in [0.1, 0.15) is 11.5 Å². The van der Waals surface area contributed by atoms with Crippen LogP contribution in [-0.2, 0) is 16.6 Å². The molecule has 13 heavy (non-hydrogen) atoms. The molecule has 0 fully saturated rings. The van der Waals surface area contributed by atoms with Gasteiger partial charge in [-0.3, -0.25) is 0 Å². The van der Waals surface area contributed by atoms with E-state index in [0.29, 0.717) is 16.7 Å². The summed E-state index contributed by atoms with van der Waals surface area (Å²) in [5.74, 6) is 2.36. The number of nitrogens with two attached hydrogens (primary N) is 1.